The molecule has 0 unspecified atom stereocenters. The van der Waals surface area contributed by atoms with Crippen molar-refractivity contribution in [1.82, 2.24) is 0 Å². The van der Waals surface area contributed by atoms with Gasteiger partial charge in [0.05, 0.1) is 13.5 Å². The summed E-state index contributed by atoms with van der Waals surface area (Å²) in [5.41, 5.74) is 0.986. The Kier molecular flexibility index (Phi) is 4.20. The number of rotatable bonds is 2. The van der Waals surface area contributed by atoms with Crippen LogP contribution >= 0.6 is 0 Å². The Morgan fingerprint density at radius 2 is 2.00 bits per heavy atom. The minimum absolute atomic E-state index is 0.198. The van der Waals surface area contributed by atoms with E-state index in [4.69, 9.17) is 0 Å². The lowest BCUT2D eigenvalue weighted by Gasteiger charge is -1.97. The van der Waals surface area contributed by atoms with E-state index >= 15 is 0 Å². The minimum Gasteiger partial charge on any atom is -0.469 e. The second-order valence-corrected chi connectivity index (χ2v) is 2.55. The maximum atomic E-state index is 10.8. The summed E-state index contributed by atoms with van der Waals surface area (Å²) < 4.78 is 4.52. The first-order valence-corrected chi connectivity index (χ1v) is 4.11. The maximum absolute atomic E-state index is 10.8. The molecule has 1 aromatic rings. The molecule has 0 radical (unpaired) electrons. The molecule has 4 nitrogen and oxygen atoms in total. The van der Waals surface area contributed by atoms with Gasteiger partial charge in [-0.25, -0.2) is 0 Å². The Morgan fingerprint density at radius 3 is 2.43 bits per heavy atom. The van der Waals surface area contributed by atoms with Gasteiger partial charge in [-0.05, 0) is 10.7 Å². The van der Waals surface area contributed by atoms with Crippen LogP contribution in [0.25, 0.3) is 0 Å². The van der Waals surface area contributed by atoms with Crippen LogP contribution in [0.15, 0.2) is 35.5 Å². The Bertz CT molecular complexity index is 304. The zero-order valence-electron chi connectivity index (χ0n) is 7.84. The topological polar surface area (TPSA) is 51.2 Å². The number of ether oxygens (including phenoxy) is 1. The number of oxime groups is 1. The molecule has 0 amide bonds. The summed E-state index contributed by atoms with van der Waals surface area (Å²) in [4.78, 5) is 14.8. The van der Waals surface area contributed by atoms with Gasteiger partial charge >= 0.3 is 5.97 Å². The summed E-state index contributed by atoms with van der Waals surface area (Å²) in [6, 6.07) is 9.52. The van der Waals surface area contributed by atoms with Crippen molar-refractivity contribution in [2.45, 2.75) is 6.42 Å². The second kappa shape index (κ2) is 5.75. The molecule has 0 saturated heterocycles. The summed E-state index contributed by atoms with van der Waals surface area (Å²) >= 11 is 0. The van der Waals surface area contributed by atoms with Crippen LogP contribution < -0.4 is 0 Å². The van der Waals surface area contributed by atoms with E-state index in [0.717, 1.165) is 5.56 Å². The molecule has 1 aliphatic heterocycles. The molecule has 0 fully saturated rings. The zero-order chi connectivity index (χ0) is 10.2. The molecule has 0 saturated carbocycles. The summed E-state index contributed by atoms with van der Waals surface area (Å²) in [5, 5.41) is 3.12. The lowest BCUT2D eigenvalue weighted by Crippen LogP contribution is -2.03. The Morgan fingerprint density at radius 1 is 1.43 bits per heavy atom. The van der Waals surface area contributed by atoms with E-state index in [1.807, 2.05) is 30.3 Å². The molecule has 0 bridgehead atoms. The highest BCUT2D eigenvalue weighted by Crippen LogP contribution is 1.99. The number of hydrogen-bond donors (Lipinski definition) is 0. The lowest BCUT2D eigenvalue weighted by atomic mass is 10.2. The number of nitrogens with zero attached hydrogens (tertiary/aromatic N) is 1. The van der Waals surface area contributed by atoms with E-state index in [2.05, 4.69) is 14.7 Å². The molecule has 1 aromatic carbocycles. The van der Waals surface area contributed by atoms with Crippen molar-refractivity contribution in [2.75, 3.05) is 7.11 Å². The molecule has 14 heavy (non-hydrogen) atoms. The van der Waals surface area contributed by atoms with Crippen molar-refractivity contribution in [3.05, 3.63) is 35.9 Å². The molecule has 0 N–H and O–H groups in total. The van der Waals surface area contributed by atoms with Gasteiger partial charge in [-0.1, -0.05) is 30.3 Å². The smallest absolute Gasteiger partial charge is 0.309 e. The molecule has 1 aliphatic rings. The van der Waals surface area contributed by atoms with Crippen molar-refractivity contribution in [2.24, 2.45) is 5.16 Å². The first kappa shape index (κ1) is 10.2. The van der Waals surface area contributed by atoms with Crippen LogP contribution in [-0.4, -0.2) is 19.5 Å². The highest BCUT2D eigenvalue weighted by atomic mass is 16.7. The quantitative estimate of drug-likeness (QED) is 0.666. The van der Waals surface area contributed by atoms with E-state index in [-0.39, 0.29) is 5.97 Å². The first-order chi connectivity index (χ1) is 6.83. The van der Waals surface area contributed by atoms with E-state index in [1.54, 1.807) is 0 Å². The van der Waals surface area contributed by atoms with Gasteiger partial charge in [0.25, 0.3) is 0 Å². The number of carbonyl (C=O) groups is 1. The van der Waals surface area contributed by atoms with Gasteiger partial charge in [-0.2, -0.15) is 0 Å². The summed E-state index contributed by atoms with van der Waals surface area (Å²) in [5.74, 6) is -0.198. The molecule has 4 heteroatoms. The van der Waals surface area contributed by atoms with Crippen molar-refractivity contribution in [1.29, 1.82) is 0 Å². The molecule has 74 valence electrons. The van der Waals surface area contributed by atoms with Gasteiger partial charge in [-0.15, -0.1) is 0 Å². The third-order valence-corrected chi connectivity index (χ3v) is 1.52. The summed E-state index contributed by atoms with van der Waals surface area (Å²) in [6.07, 6.45) is 1.73. The molecule has 0 aromatic heterocycles. The molecular weight excluding hydrogens is 182 g/mol. The number of esters is 1. The largest absolute Gasteiger partial charge is 0.469 e. The normalized spacial score (nSPS) is 10.6. The number of carbonyl (C=O) groups excluding carboxylic acids is 1. The van der Waals surface area contributed by atoms with Gasteiger partial charge < -0.3 is 9.57 Å². The van der Waals surface area contributed by atoms with Crippen LogP contribution in [0.4, 0.5) is 0 Å². The average molecular weight is 193 g/mol. The highest BCUT2D eigenvalue weighted by molar-refractivity contribution is 5.72. The van der Waals surface area contributed by atoms with Crippen molar-refractivity contribution < 1.29 is 14.4 Å². The van der Waals surface area contributed by atoms with Gasteiger partial charge in [0, 0.05) is 0 Å². The molecule has 2 rings (SSSR count). The SMILES string of the molecule is C1=NO1.COC(=O)Cc1ccccc1. The van der Waals surface area contributed by atoms with Crippen LogP contribution in [0.2, 0.25) is 0 Å². The van der Waals surface area contributed by atoms with Crippen LogP contribution in [0.3, 0.4) is 0 Å². The fourth-order valence-electron chi connectivity index (χ4n) is 0.835. The Balaban J connectivity index is 0.000000276. The third-order valence-electron chi connectivity index (χ3n) is 1.52. The van der Waals surface area contributed by atoms with Crippen molar-refractivity contribution in [3.63, 3.8) is 0 Å². The third kappa shape index (κ3) is 4.92. The summed E-state index contributed by atoms with van der Waals surface area (Å²) in [6.45, 7) is 0. The van der Waals surface area contributed by atoms with Gasteiger partial charge in [0.15, 0.2) is 0 Å². The molecule has 1 heterocycles. The zero-order valence-corrected chi connectivity index (χ0v) is 7.84. The monoisotopic (exact) mass is 193 g/mol. The number of methoxy groups -OCH3 is 1. The highest BCUT2D eigenvalue weighted by Gasteiger charge is 1.99. The van der Waals surface area contributed by atoms with Crippen LogP contribution in [0.1, 0.15) is 5.56 Å². The fourth-order valence-corrected chi connectivity index (χ4v) is 0.835. The van der Waals surface area contributed by atoms with Gasteiger partial charge in [0.1, 0.15) is 0 Å². The first-order valence-electron chi connectivity index (χ1n) is 4.11. The second-order valence-electron chi connectivity index (χ2n) is 2.55. The molecule has 0 atom stereocenters. The van der Waals surface area contributed by atoms with Crippen molar-refractivity contribution in [3.8, 4) is 0 Å². The van der Waals surface area contributed by atoms with Crippen LogP contribution in [-0.2, 0) is 20.8 Å². The van der Waals surface area contributed by atoms with E-state index in [0.29, 0.717) is 6.42 Å². The predicted molar refractivity (Wildman–Crippen MR) is 51.7 cm³/mol. The van der Waals surface area contributed by atoms with Gasteiger partial charge in [0.2, 0.25) is 6.40 Å². The average Bonchev–Trinajstić information content (AvgIpc) is 3.06. The van der Waals surface area contributed by atoms with Crippen LogP contribution in [0.5, 0.6) is 0 Å². The Labute approximate surface area is 82.1 Å². The molecule has 0 aliphatic carbocycles. The van der Waals surface area contributed by atoms with Crippen LogP contribution in [0, 0.1) is 0 Å². The maximum Gasteiger partial charge on any atom is 0.309 e. The van der Waals surface area contributed by atoms with E-state index in [1.165, 1.54) is 13.5 Å². The Hall–Kier alpha value is -1.84. The minimum atomic E-state index is -0.198. The van der Waals surface area contributed by atoms with Gasteiger partial charge in [-0.3, -0.25) is 4.79 Å². The lowest BCUT2D eigenvalue weighted by molar-refractivity contribution is -0.139. The number of benzene rings is 1. The number of hydrogen-bond acceptors (Lipinski definition) is 4. The fraction of sp³-hybridized carbons (Fsp3) is 0.200. The molecule has 0 spiro atoms. The molecular formula is C10H11NO3. The summed E-state index contributed by atoms with van der Waals surface area (Å²) in [7, 11) is 1.39. The van der Waals surface area contributed by atoms with E-state index in [9.17, 15) is 4.79 Å². The predicted octanol–water partition coefficient (Wildman–Crippen LogP) is 1.36. The standard InChI is InChI=1S/C9H10O2.CHNO/c1-11-9(10)7-8-5-3-2-4-6-8;1-2-3-1/h2-6H,7H2,1H3;1H. The van der Waals surface area contributed by atoms with E-state index < -0.39 is 0 Å². The van der Waals surface area contributed by atoms with Crippen molar-refractivity contribution >= 4 is 12.4 Å².